The molecule has 54 heteroatoms. The first-order chi connectivity index (χ1) is 63.9. The highest BCUT2D eigenvalue weighted by molar-refractivity contribution is 7.91. The fraction of sp³-hybridized carbons (Fsp3) is 0.613. The summed E-state index contributed by atoms with van der Waals surface area (Å²) in [5.74, 6) is -9.00. The van der Waals surface area contributed by atoms with Crippen LogP contribution in [0.25, 0.3) is 22.1 Å². The number of Topliss-reactive ketones (excluding diaryl/α,β-unsaturated/α-hetero) is 2. The molecule has 850 valence electrons. The van der Waals surface area contributed by atoms with Gasteiger partial charge in [-0.05, 0) is 186 Å². The average molecular weight is 2220 g/mol. The molecule has 0 saturated carbocycles. The van der Waals surface area contributed by atoms with Crippen molar-refractivity contribution >= 4 is 157 Å². The second-order valence-electron chi connectivity index (χ2n) is 35.2. The Balaban J connectivity index is -0.000000190. The molecule has 17 N–H and O–H groups in total. The summed E-state index contributed by atoms with van der Waals surface area (Å²) in [5, 5.41) is 91.3. The quantitative estimate of drug-likeness (QED) is 0.0107. The molecular formula is C93H168Cl2N16O32S4. The Kier molecular flexibility index (Phi) is 81.7. The summed E-state index contributed by atoms with van der Waals surface area (Å²) >= 11 is 0. The average Bonchev–Trinajstić information content (AvgIpc) is 1.70. The number of carboxylic acid groups (broad SMARTS) is 1. The van der Waals surface area contributed by atoms with Crippen molar-refractivity contribution in [2.24, 2.45) is 5.73 Å². The number of hydrogen-bond acceptors (Lipinski definition) is 40. The number of esters is 4. The molecule has 48 nitrogen and oxygen atoms in total. The van der Waals surface area contributed by atoms with Crippen LogP contribution < -0.4 is 63.6 Å². The van der Waals surface area contributed by atoms with E-state index >= 15 is 0 Å². The maximum absolute atomic E-state index is 13.0. The van der Waals surface area contributed by atoms with Crippen molar-refractivity contribution in [1.82, 2.24) is 78.2 Å². The molecular weight excluding hydrogens is 2050 g/mol. The summed E-state index contributed by atoms with van der Waals surface area (Å²) in [6, 6.07) is 26.8. The van der Waals surface area contributed by atoms with Crippen LogP contribution in [0.2, 0.25) is 0 Å². The Labute approximate surface area is 879 Å². The Morgan fingerprint density at radius 1 is 0.415 bits per heavy atom. The maximum Gasteiger partial charge on any atom is 0.332 e. The molecule has 8 unspecified atom stereocenters. The Morgan fingerprint density at radius 3 is 0.993 bits per heavy atom. The molecule has 0 spiro atoms. The van der Waals surface area contributed by atoms with E-state index in [0.29, 0.717) is 34.9 Å². The Bertz CT molecular complexity index is 5170. The van der Waals surface area contributed by atoms with Crippen LogP contribution in [0.4, 0.5) is 0 Å². The number of hydrogen-bond donors (Lipinski definition) is 16. The van der Waals surface area contributed by atoms with Crippen LogP contribution in [0.5, 0.6) is 0 Å². The highest BCUT2D eigenvalue weighted by atomic mass is 35.5. The number of amides is 5. The highest BCUT2D eigenvalue weighted by Crippen LogP contribution is 2.16. The predicted octanol–water partition coefficient (Wildman–Crippen LogP) is 4.63. The summed E-state index contributed by atoms with van der Waals surface area (Å²) < 4.78 is 109. The molecule has 5 amide bonds. The van der Waals surface area contributed by atoms with E-state index < -0.39 is 195 Å². The SMILES string of the molecule is C.C.C.C.C.C.CC(=O)C(CS(C)(=O)=O)NCC(=O)OC(C)(C)C.CC(C)(C)OC(=O)CNC(CS(C)(=O)=O)C(=O)O.CC(C)(C)OC(=O)CO.CCCC(N)C(O)C(=O)NCC(=O)N[C@H](C)c1ccccc1.CCCC(NC(=O)C(CS(C)(=O)=O)NCC(=O)OC(C)(C)C)C(O)C(=O)NCC(=O)N[C@H](C)c1ccccc1.CNC(CS(C)(=O)=O)C(C)=O.Cl.Cl.OOn1nnc2ccccc21.OOn1nnc2ccccc21. The molecule has 10 atom stereocenters. The number of ketones is 2. The molecule has 2 heterocycles. The van der Waals surface area contributed by atoms with Crippen molar-refractivity contribution in [3.8, 4) is 0 Å². The predicted molar refractivity (Wildman–Crippen MR) is 569 cm³/mol. The van der Waals surface area contributed by atoms with Gasteiger partial charge in [0.1, 0.15) is 120 Å². The lowest BCUT2D eigenvalue weighted by Gasteiger charge is -2.26. The van der Waals surface area contributed by atoms with Crippen molar-refractivity contribution in [3.63, 3.8) is 0 Å². The number of carbonyl (C=O) groups is 12. The van der Waals surface area contributed by atoms with E-state index in [2.05, 4.69) is 78.5 Å². The van der Waals surface area contributed by atoms with Gasteiger partial charge in [-0.15, -0.1) is 35.0 Å². The molecule has 2 aromatic heterocycles. The van der Waals surface area contributed by atoms with Gasteiger partial charge in [0, 0.05) is 31.1 Å². The first-order valence-corrected chi connectivity index (χ1v) is 51.4. The Morgan fingerprint density at radius 2 is 0.707 bits per heavy atom. The zero-order valence-corrected chi connectivity index (χ0v) is 88.5. The number of carbonyl (C=O) groups excluding carboxylic acids is 11. The van der Waals surface area contributed by atoms with Gasteiger partial charge < -0.3 is 77.0 Å². The molecule has 4 aromatic carbocycles. The molecule has 0 aliphatic rings. The molecule has 6 rings (SSSR count). The van der Waals surface area contributed by atoms with Gasteiger partial charge in [-0.25, -0.2) is 48.4 Å². The second kappa shape index (κ2) is 76.8. The van der Waals surface area contributed by atoms with E-state index in [9.17, 15) is 101 Å². The number of carboxylic acids is 1. The lowest BCUT2D eigenvalue weighted by Crippen LogP contribution is -2.57. The van der Waals surface area contributed by atoms with E-state index in [1.165, 1.54) is 13.8 Å². The Hall–Kier alpha value is -10.7. The first-order valence-electron chi connectivity index (χ1n) is 43.1. The normalized spacial score (nSPS) is 12.9. The van der Waals surface area contributed by atoms with Gasteiger partial charge in [0.15, 0.2) is 6.10 Å². The largest absolute Gasteiger partial charge is 0.480 e. The number of aliphatic hydroxyl groups is 3. The van der Waals surface area contributed by atoms with Gasteiger partial charge >= 0.3 is 29.8 Å². The van der Waals surface area contributed by atoms with Gasteiger partial charge in [0.25, 0.3) is 11.8 Å². The summed E-state index contributed by atoms with van der Waals surface area (Å²) in [4.78, 5) is 149. The number of halogens is 2. The van der Waals surface area contributed by atoms with E-state index in [-0.39, 0.29) is 136 Å². The number of aliphatic hydroxyl groups excluding tert-OH is 3. The van der Waals surface area contributed by atoms with Crippen LogP contribution in [0.15, 0.2) is 109 Å². The van der Waals surface area contributed by atoms with Crippen molar-refractivity contribution in [1.29, 1.82) is 0 Å². The van der Waals surface area contributed by atoms with Gasteiger partial charge in [-0.1, -0.05) is 156 Å². The maximum atomic E-state index is 13.0. The molecule has 0 aliphatic carbocycles. The zero-order valence-electron chi connectivity index (χ0n) is 83.6. The second-order valence-corrected chi connectivity index (χ2v) is 44.0. The third-order valence-electron chi connectivity index (χ3n) is 17.0. The fourth-order valence-electron chi connectivity index (χ4n) is 10.9. The van der Waals surface area contributed by atoms with Crippen LogP contribution in [0.1, 0.15) is 218 Å². The minimum atomic E-state index is -3.65. The van der Waals surface area contributed by atoms with Gasteiger partial charge in [-0.2, -0.15) is 10.5 Å². The molecule has 6 aromatic rings. The van der Waals surface area contributed by atoms with Crippen molar-refractivity contribution in [2.45, 2.75) is 278 Å². The zero-order chi connectivity index (χ0) is 107. The van der Waals surface area contributed by atoms with Gasteiger partial charge in [0.05, 0.1) is 85.9 Å². The van der Waals surface area contributed by atoms with Crippen molar-refractivity contribution in [3.05, 3.63) is 120 Å². The minimum Gasteiger partial charge on any atom is -0.480 e. The number of nitrogens with two attached hydrogens (primary N) is 1. The summed E-state index contributed by atoms with van der Waals surface area (Å²) in [6.07, 6.45) is 3.01. The van der Waals surface area contributed by atoms with Crippen molar-refractivity contribution in [2.75, 3.05) is 94.4 Å². The monoisotopic (exact) mass is 2220 g/mol. The van der Waals surface area contributed by atoms with Crippen LogP contribution in [0, 0.1) is 0 Å². The van der Waals surface area contributed by atoms with Crippen LogP contribution >= 0.6 is 24.8 Å². The molecule has 147 heavy (non-hydrogen) atoms. The summed E-state index contributed by atoms with van der Waals surface area (Å²) in [6.45, 7) is 28.3. The molecule has 0 bridgehead atoms. The van der Waals surface area contributed by atoms with Crippen LogP contribution in [-0.4, -0.2) is 331 Å². The smallest absolute Gasteiger partial charge is 0.332 e. The number of sulfone groups is 4. The number of fused-ring (bicyclic) bond motifs is 2. The van der Waals surface area contributed by atoms with Crippen LogP contribution in [0.3, 0.4) is 0 Å². The minimum absolute atomic E-state index is 0. The number of benzene rings is 4. The molecule has 0 radical (unpaired) electrons. The number of para-hydroxylation sites is 2. The number of aliphatic carboxylic acids is 1. The fourth-order valence-corrected chi connectivity index (χ4v) is 14.6. The highest BCUT2D eigenvalue weighted by Gasteiger charge is 2.34. The molecule has 0 saturated heterocycles. The third-order valence-corrected chi connectivity index (χ3v) is 20.7. The van der Waals surface area contributed by atoms with Gasteiger partial charge in [-0.3, -0.25) is 68.7 Å². The van der Waals surface area contributed by atoms with Crippen LogP contribution in [-0.2, 0) is 116 Å². The lowest BCUT2D eigenvalue weighted by atomic mass is 10.0. The summed E-state index contributed by atoms with van der Waals surface area (Å²) in [7, 11) is -11.9. The van der Waals surface area contributed by atoms with Gasteiger partial charge in [0.2, 0.25) is 17.7 Å². The standard InChI is InChI=1S/C26H42N4O8S.C16H25N3O3.C11H21NO5S.C10H19NO6S.2C6H5N3O2.C6H13NO3S.C6H12O3.6CH4.2ClH/c1-7-11-19(23(33)25(35)28-14-21(31)29-17(2)18-12-9-8-10-13-18)30-24(34)20(16-39(6,36)37)27-15-22(32)38-26(3,4)5;1-3-7-13(17)15(21)16(22)18-10-14(20)19-11(2)12-8-5-4-6-9-12;1-8(13)9(7-18(5,15)16)12-6-10(14)17-11(2,3)4;1-10(2,3)17-8(12)5-11-7(9(13)14)6-18(4,15)16;2*10-11-9-6-4-2-1-3-5(6)7-8-9;1-5(8)6(7-2)4-11(3,9)10;1-6(2,3)9-5(8)4-7;;;;;;;;/h8-10,12-13,17,19-20,23,27,33H,7,11,14-16H2,1-6H3,(H,28,35)(H,29,31)(H,30,34);4-6,8-9,11,13,15,21H,3,7,10,17H2,1-2H3,(H,18,22)(H,19,20);9,12H,6-7H2,1-5H3;7,11H,5-6H2,1-4H3,(H,13,14);2*1-4,10H;6-7H,4H2,1-3H3;7H,4H2,1-3H3;6*1H4;2*1H/t17-,19?,20?,23?;11-,13?,15?;;;;;;;;;;;;;;/m11............../s1. The lowest BCUT2D eigenvalue weighted by molar-refractivity contribution is -0.250. The number of ether oxygens (including phenoxy) is 4. The van der Waals surface area contributed by atoms with E-state index in [0.717, 1.165) is 52.3 Å². The first kappa shape index (κ1) is 156. The van der Waals surface area contributed by atoms with Crippen molar-refractivity contribution < 1.29 is 151 Å². The van der Waals surface area contributed by atoms with E-state index in [1.807, 2.05) is 86.6 Å². The molecule has 0 fully saturated rings. The number of aromatic nitrogens is 6. The molecule has 0 aliphatic heterocycles. The topological polar surface area (TPSA) is 714 Å². The number of rotatable bonds is 42. The number of nitrogens with zero attached hydrogens (tertiary/aromatic N) is 6. The summed E-state index contributed by atoms with van der Waals surface area (Å²) in [5.41, 5.74) is 7.63. The third kappa shape index (κ3) is 77.3. The van der Waals surface area contributed by atoms with E-state index in [1.54, 1.807) is 140 Å². The number of likely N-dealkylation sites (N-methyl/N-ethyl adjacent to an activating group) is 1. The van der Waals surface area contributed by atoms with E-state index in [4.69, 9.17) is 45.4 Å². The number of nitrogens with one attached hydrogen (secondary N) is 9.